The Morgan fingerprint density at radius 3 is 2.53 bits per heavy atom. The fourth-order valence-electron chi connectivity index (χ4n) is 2.22. The van der Waals surface area contributed by atoms with Crippen LogP contribution in [0.5, 0.6) is 0 Å². The van der Waals surface area contributed by atoms with E-state index in [1.807, 2.05) is 0 Å². The van der Waals surface area contributed by atoms with E-state index in [9.17, 15) is 14.4 Å². The first-order chi connectivity index (χ1) is 9.05. The second kappa shape index (κ2) is 5.08. The van der Waals surface area contributed by atoms with Gasteiger partial charge in [-0.3, -0.25) is 19.8 Å². The third-order valence-electron chi connectivity index (χ3n) is 3.54. The Bertz CT molecular complexity index is 508. The fourth-order valence-corrected chi connectivity index (χ4v) is 2.82. The van der Waals surface area contributed by atoms with Crippen LogP contribution in [0.3, 0.4) is 0 Å². The number of urea groups is 1. The van der Waals surface area contributed by atoms with Crippen molar-refractivity contribution >= 4 is 29.2 Å². The first-order valence-corrected chi connectivity index (χ1v) is 6.99. The van der Waals surface area contributed by atoms with E-state index >= 15 is 0 Å². The third kappa shape index (κ3) is 2.14. The van der Waals surface area contributed by atoms with Gasteiger partial charge in [0.15, 0.2) is 0 Å². The van der Waals surface area contributed by atoms with Crippen molar-refractivity contribution in [3.63, 3.8) is 0 Å². The second-order valence-corrected chi connectivity index (χ2v) is 5.34. The maximum Gasteiger partial charge on any atom is 0.331 e. The highest BCUT2D eigenvalue weighted by Gasteiger charge is 2.51. The zero-order chi connectivity index (χ0) is 14.0. The van der Waals surface area contributed by atoms with Crippen LogP contribution in [0.2, 0.25) is 0 Å². The molecule has 0 aliphatic carbocycles. The highest BCUT2D eigenvalue weighted by atomic mass is 32.1. The highest BCUT2D eigenvalue weighted by molar-refractivity contribution is 7.09. The van der Waals surface area contributed by atoms with Gasteiger partial charge >= 0.3 is 6.03 Å². The van der Waals surface area contributed by atoms with E-state index in [2.05, 4.69) is 10.3 Å². The van der Waals surface area contributed by atoms with E-state index in [0.29, 0.717) is 17.8 Å². The Labute approximate surface area is 114 Å². The molecule has 6 nitrogen and oxygen atoms in total. The third-order valence-corrected chi connectivity index (χ3v) is 4.30. The standard InChI is InChI=1S/C12H15N3O3S/c1-3-12(4-2)9(16)14-11(18)15(10(12)17)7-8-13-5-6-19-8/h5-6H,3-4,7H2,1-2H3,(H,14,16,18). The Balaban J connectivity index is 2.30. The molecule has 1 N–H and O–H groups in total. The van der Waals surface area contributed by atoms with Crippen LogP contribution in [0.1, 0.15) is 31.7 Å². The van der Waals surface area contributed by atoms with Crippen molar-refractivity contribution in [1.82, 2.24) is 15.2 Å². The first-order valence-electron chi connectivity index (χ1n) is 6.11. The van der Waals surface area contributed by atoms with Crippen LogP contribution < -0.4 is 5.32 Å². The summed E-state index contributed by atoms with van der Waals surface area (Å²) in [5.74, 6) is -0.927. The van der Waals surface area contributed by atoms with E-state index in [4.69, 9.17) is 0 Å². The summed E-state index contributed by atoms with van der Waals surface area (Å²) in [4.78, 5) is 41.4. The molecular formula is C12H15N3O3S. The van der Waals surface area contributed by atoms with Crippen LogP contribution in [0.25, 0.3) is 0 Å². The summed E-state index contributed by atoms with van der Waals surface area (Å²) in [6.45, 7) is 3.66. The summed E-state index contributed by atoms with van der Waals surface area (Å²) >= 11 is 1.37. The average Bonchev–Trinajstić information content (AvgIpc) is 2.89. The van der Waals surface area contributed by atoms with Crippen molar-refractivity contribution in [3.05, 3.63) is 16.6 Å². The number of carbonyl (C=O) groups is 3. The number of rotatable bonds is 4. The average molecular weight is 281 g/mol. The smallest absolute Gasteiger partial charge is 0.277 e. The van der Waals surface area contributed by atoms with Crippen molar-refractivity contribution in [2.75, 3.05) is 0 Å². The maximum absolute atomic E-state index is 12.5. The molecule has 1 saturated heterocycles. The van der Waals surface area contributed by atoms with Gasteiger partial charge in [-0.2, -0.15) is 0 Å². The molecule has 0 unspecified atom stereocenters. The minimum atomic E-state index is -1.13. The number of amides is 4. The molecule has 7 heteroatoms. The maximum atomic E-state index is 12.5. The van der Waals surface area contributed by atoms with E-state index in [1.165, 1.54) is 11.3 Å². The number of hydrogen-bond acceptors (Lipinski definition) is 5. The molecule has 2 rings (SSSR count). The van der Waals surface area contributed by atoms with Gasteiger partial charge < -0.3 is 0 Å². The summed E-state index contributed by atoms with van der Waals surface area (Å²) in [5, 5.41) is 4.71. The normalized spacial score (nSPS) is 18.6. The van der Waals surface area contributed by atoms with Gasteiger partial charge in [0.25, 0.3) is 0 Å². The Kier molecular flexibility index (Phi) is 3.66. The molecule has 19 heavy (non-hydrogen) atoms. The summed E-state index contributed by atoms with van der Waals surface area (Å²) in [5.41, 5.74) is -1.13. The number of nitrogens with zero attached hydrogens (tertiary/aromatic N) is 2. The highest BCUT2D eigenvalue weighted by Crippen LogP contribution is 2.33. The number of thiazole rings is 1. The molecule has 102 valence electrons. The minimum Gasteiger partial charge on any atom is -0.277 e. The number of imide groups is 2. The molecule has 0 atom stereocenters. The lowest BCUT2D eigenvalue weighted by atomic mass is 9.78. The summed E-state index contributed by atoms with van der Waals surface area (Å²) in [6, 6.07) is -0.664. The Morgan fingerprint density at radius 2 is 2.00 bits per heavy atom. The number of nitrogens with one attached hydrogen (secondary N) is 1. The van der Waals surface area contributed by atoms with Gasteiger partial charge in [0, 0.05) is 11.6 Å². The largest absolute Gasteiger partial charge is 0.331 e. The SMILES string of the molecule is CCC1(CC)C(=O)NC(=O)N(Cc2nccs2)C1=O. The van der Waals surface area contributed by atoms with Crippen molar-refractivity contribution in [3.8, 4) is 0 Å². The van der Waals surface area contributed by atoms with Crippen molar-refractivity contribution < 1.29 is 14.4 Å². The second-order valence-electron chi connectivity index (χ2n) is 4.37. The molecule has 4 amide bonds. The molecule has 1 fully saturated rings. The lowest BCUT2D eigenvalue weighted by Gasteiger charge is -2.37. The molecule has 0 saturated carbocycles. The van der Waals surface area contributed by atoms with Gasteiger partial charge in [0.05, 0.1) is 6.54 Å². The quantitative estimate of drug-likeness (QED) is 0.849. The van der Waals surface area contributed by atoms with Gasteiger partial charge in [-0.25, -0.2) is 9.78 Å². The molecule has 1 aromatic heterocycles. The first kappa shape index (κ1) is 13.7. The predicted octanol–water partition coefficient (Wildman–Crippen LogP) is 1.53. The molecule has 0 aromatic carbocycles. The van der Waals surface area contributed by atoms with E-state index in [0.717, 1.165) is 4.90 Å². The number of aromatic nitrogens is 1. The molecule has 1 aliphatic heterocycles. The van der Waals surface area contributed by atoms with E-state index < -0.39 is 23.3 Å². The van der Waals surface area contributed by atoms with Crippen LogP contribution in [-0.2, 0) is 16.1 Å². The molecule has 1 aliphatic rings. The predicted molar refractivity (Wildman–Crippen MR) is 69.2 cm³/mol. The minimum absolute atomic E-state index is 0.108. The Hall–Kier alpha value is -1.76. The van der Waals surface area contributed by atoms with Gasteiger partial charge in [0.2, 0.25) is 11.8 Å². The van der Waals surface area contributed by atoms with Gasteiger partial charge in [-0.05, 0) is 12.8 Å². The van der Waals surface area contributed by atoms with Crippen molar-refractivity contribution in [2.45, 2.75) is 33.2 Å². The van der Waals surface area contributed by atoms with Crippen LogP contribution in [0, 0.1) is 5.41 Å². The topological polar surface area (TPSA) is 79.4 Å². The number of carbonyl (C=O) groups excluding carboxylic acids is 3. The molecule has 1 aromatic rings. The summed E-state index contributed by atoms with van der Waals surface area (Å²) < 4.78 is 0. The number of barbiturate groups is 1. The van der Waals surface area contributed by atoms with E-state index in [1.54, 1.807) is 25.4 Å². The van der Waals surface area contributed by atoms with Gasteiger partial charge in [0.1, 0.15) is 10.4 Å². The van der Waals surface area contributed by atoms with E-state index in [-0.39, 0.29) is 6.54 Å². The molecule has 0 spiro atoms. The van der Waals surface area contributed by atoms with Crippen LogP contribution in [0.15, 0.2) is 11.6 Å². The zero-order valence-electron chi connectivity index (χ0n) is 10.8. The van der Waals surface area contributed by atoms with Gasteiger partial charge in [-0.1, -0.05) is 13.8 Å². The Morgan fingerprint density at radius 1 is 1.32 bits per heavy atom. The van der Waals surface area contributed by atoms with Crippen molar-refractivity contribution in [1.29, 1.82) is 0 Å². The van der Waals surface area contributed by atoms with Crippen LogP contribution in [0.4, 0.5) is 4.79 Å². The van der Waals surface area contributed by atoms with Crippen LogP contribution in [-0.4, -0.2) is 27.7 Å². The molecule has 2 heterocycles. The zero-order valence-corrected chi connectivity index (χ0v) is 11.6. The monoisotopic (exact) mass is 281 g/mol. The number of hydrogen-bond donors (Lipinski definition) is 1. The lowest BCUT2D eigenvalue weighted by molar-refractivity contribution is -0.152. The summed E-state index contributed by atoms with van der Waals surface area (Å²) in [6.07, 6.45) is 2.36. The fraction of sp³-hybridized carbons (Fsp3) is 0.500. The van der Waals surface area contributed by atoms with Gasteiger partial charge in [-0.15, -0.1) is 11.3 Å². The van der Waals surface area contributed by atoms with Crippen LogP contribution >= 0.6 is 11.3 Å². The molecule has 0 radical (unpaired) electrons. The van der Waals surface area contributed by atoms with Crippen molar-refractivity contribution in [2.24, 2.45) is 5.41 Å². The summed E-state index contributed by atoms with van der Waals surface area (Å²) in [7, 11) is 0. The lowest BCUT2D eigenvalue weighted by Crippen LogP contribution is -2.63. The molecular weight excluding hydrogens is 266 g/mol. The molecule has 0 bridgehead atoms.